The Morgan fingerprint density at radius 3 is 2.75 bits per heavy atom. The number of nitrogens with zero attached hydrogens (tertiary/aromatic N) is 3. The molecule has 1 N–H and O–H groups in total. The molecule has 0 saturated carbocycles. The predicted octanol–water partition coefficient (Wildman–Crippen LogP) is 2.85. The normalized spacial score (nSPS) is 16.8. The van der Waals surface area contributed by atoms with Gasteiger partial charge in [-0.3, -0.25) is 19.7 Å². The number of aryl methyl sites for hydroxylation is 1. The van der Waals surface area contributed by atoms with Crippen molar-refractivity contribution in [2.75, 3.05) is 13.1 Å². The smallest absolute Gasteiger partial charge is 0.287 e. The van der Waals surface area contributed by atoms with Crippen molar-refractivity contribution in [1.29, 1.82) is 0 Å². The molecule has 1 aliphatic rings. The second-order valence-electron chi connectivity index (χ2n) is 6.31. The summed E-state index contributed by atoms with van der Waals surface area (Å²) in [5.41, 5.74) is 1.58. The number of carbonyl (C=O) groups excluding carboxylic acids is 1. The average Bonchev–Trinajstić information content (AvgIpc) is 3.11. The lowest BCUT2D eigenvalue weighted by Gasteiger charge is -2.31. The molecule has 1 atom stereocenters. The Kier molecular flexibility index (Phi) is 5.25. The molecule has 2 aromatic rings. The van der Waals surface area contributed by atoms with Crippen LogP contribution in [0.25, 0.3) is 0 Å². The molecule has 0 spiro atoms. The highest BCUT2D eigenvalue weighted by Crippen LogP contribution is 2.25. The Hall–Kier alpha value is -2.21. The Labute approximate surface area is 142 Å². The molecule has 128 valence electrons. The minimum Gasteiger partial charge on any atom is -0.454 e. The summed E-state index contributed by atoms with van der Waals surface area (Å²) < 4.78 is 5.78. The van der Waals surface area contributed by atoms with E-state index in [1.165, 1.54) is 19.3 Å². The van der Waals surface area contributed by atoms with Crippen LogP contribution in [0.15, 0.2) is 28.9 Å². The van der Waals surface area contributed by atoms with Crippen LogP contribution in [0.5, 0.6) is 0 Å². The molecule has 2 aromatic heterocycles. The number of nitrogens with one attached hydrogen (secondary N) is 1. The van der Waals surface area contributed by atoms with Crippen molar-refractivity contribution >= 4 is 5.91 Å². The molecule has 0 aromatic carbocycles. The molecule has 1 fully saturated rings. The van der Waals surface area contributed by atoms with Gasteiger partial charge in [0.05, 0.1) is 30.2 Å². The van der Waals surface area contributed by atoms with Crippen LogP contribution in [-0.4, -0.2) is 33.9 Å². The highest BCUT2D eigenvalue weighted by Gasteiger charge is 2.22. The SMILES string of the molecule is Cc1cnc(CNC(=O)c2ccc([C@H](C)N3CCCCC3)o2)cn1. The third-order valence-electron chi connectivity index (χ3n) is 4.47. The molecule has 1 saturated heterocycles. The van der Waals surface area contributed by atoms with Crippen LogP contribution in [0.1, 0.15) is 59.9 Å². The van der Waals surface area contributed by atoms with E-state index < -0.39 is 0 Å². The zero-order valence-electron chi connectivity index (χ0n) is 14.3. The number of rotatable bonds is 5. The van der Waals surface area contributed by atoms with Gasteiger partial charge in [-0.05, 0) is 51.9 Å². The van der Waals surface area contributed by atoms with E-state index in [4.69, 9.17) is 4.42 Å². The molecule has 3 rings (SSSR count). The minimum absolute atomic E-state index is 0.204. The van der Waals surface area contributed by atoms with Gasteiger partial charge in [-0.2, -0.15) is 0 Å². The summed E-state index contributed by atoms with van der Waals surface area (Å²) in [6.45, 7) is 6.53. The zero-order valence-corrected chi connectivity index (χ0v) is 14.3. The summed E-state index contributed by atoms with van der Waals surface area (Å²) in [4.78, 5) is 23.0. The Bertz CT molecular complexity index is 675. The molecule has 0 unspecified atom stereocenters. The van der Waals surface area contributed by atoms with E-state index in [1.807, 2.05) is 13.0 Å². The average molecular weight is 328 g/mol. The fourth-order valence-electron chi connectivity index (χ4n) is 2.95. The molecule has 0 bridgehead atoms. The number of hydrogen-bond acceptors (Lipinski definition) is 5. The quantitative estimate of drug-likeness (QED) is 0.914. The Morgan fingerprint density at radius 1 is 1.25 bits per heavy atom. The van der Waals surface area contributed by atoms with E-state index >= 15 is 0 Å². The van der Waals surface area contributed by atoms with Crippen LogP contribution in [0.2, 0.25) is 0 Å². The van der Waals surface area contributed by atoms with Gasteiger partial charge in [0.2, 0.25) is 0 Å². The molecule has 6 heteroatoms. The lowest BCUT2D eigenvalue weighted by atomic mass is 10.1. The van der Waals surface area contributed by atoms with E-state index in [-0.39, 0.29) is 11.9 Å². The van der Waals surface area contributed by atoms with Crippen molar-refractivity contribution in [1.82, 2.24) is 20.2 Å². The maximum absolute atomic E-state index is 12.2. The first kappa shape index (κ1) is 16.6. The second-order valence-corrected chi connectivity index (χ2v) is 6.31. The first-order chi connectivity index (χ1) is 11.6. The van der Waals surface area contributed by atoms with Crippen LogP contribution in [0.4, 0.5) is 0 Å². The van der Waals surface area contributed by atoms with Crippen molar-refractivity contribution in [2.24, 2.45) is 0 Å². The Balaban J connectivity index is 1.57. The van der Waals surface area contributed by atoms with Crippen LogP contribution in [0, 0.1) is 6.92 Å². The van der Waals surface area contributed by atoms with Crippen LogP contribution in [0.3, 0.4) is 0 Å². The first-order valence-corrected chi connectivity index (χ1v) is 8.53. The molecule has 1 amide bonds. The van der Waals surface area contributed by atoms with Gasteiger partial charge in [0.25, 0.3) is 5.91 Å². The van der Waals surface area contributed by atoms with E-state index in [0.29, 0.717) is 12.3 Å². The highest BCUT2D eigenvalue weighted by atomic mass is 16.4. The molecule has 0 radical (unpaired) electrons. The zero-order chi connectivity index (χ0) is 16.9. The van der Waals surface area contributed by atoms with Crippen molar-refractivity contribution in [3.05, 3.63) is 47.4 Å². The largest absolute Gasteiger partial charge is 0.454 e. The molecule has 24 heavy (non-hydrogen) atoms. The lowest BCUT2D eigenvalue weighted by molar-refractivity contribution is 0.0913. The van der Waals surface area contributed by atoms with Gasteiger partial charge < -0.3 is 9.73 Å². The van der Waals surface area contributed by atoms with Gasteiger partial charge in [-0.15, -0.1) is 0 Å². The number of amides is 1. The van der Waals surface area contributed by atoms with E-state index in [9.17, 15) is 4.79 Å². The van der Waals surface area contributed by atoms with E-state index in [0.717, 1.165) is 30.2 Å². The number of carbonyl (C=O) groups is 1. The number of hydrogen-bond donors (Lipinski definition) is 1. The standard InChI is InChI=1S/C18H24N4O2/c1-13-10-20-15(11-19-13)12-21-18(23)17-7-6-16(24-17)14(2)22-8-4-3-5-9-22/h6-7,10-11,14H,3-5,8-9,12H2,1-2H3,(H,21,23)/t14-/m0/s1. The molecule has 3 heterocycles. The Morgan fingerprint density at radius 2 is 2.04 bits per heavy atom. The molecule has 1 aliphatic heterocycles. The van der Waals surface area contributed by atoms with Crippen LogP contribution in [-0.2, 0) is 6.54 Å². The summed E-state index contributed by atoms with van der Waals surface area (Å²) in [6, 6.07) is 3.85. The third kappa shape index (κ3) is 4.00. The lowest BCUT2D eigenvalue weighted by Crippen LogP contribution is -2.32. The monoisotopic (exact) mass is 328 g/mol. The summed E-state index contributed by atoms with van der Waals surface area (Å²) in [5, 5.41) is 2.82. The fraction of sp³-hybridized carbons (Fsp3) is 0.500. The van der Waals surface area contributed by atoms with Gasteiger partial charge in [0.15, 0.2) is 5.76 Å². The van der Waals surface area contributed by atoms with Crippen LogP contribution < -0.4 is 5.32 Å². The molecular formula is C18H24N4O2. The number of piperidine rings is 1. The molecule has 0 aliphatic carbocycles. The van der Waals surface area contributed by atoms with Gasteiger partial charge in [0.1, 0.15) is 5.76 Å². The maximum Gasteiger partial charge on any atom is 0.287 e. The van der Waals surface area contributed by atoms with E-state index in [1.54, 1.807) is 18.5 Å². The third-order valence-corrected chi connectivity index (χ3v) is 4.47. The number of furan rings is 1. The van der Waals surface area contributed by atoms with E-state index in [2.05, 4.69) is 27.1 Å². The van der Waals surface area contributed by atoms with Gasteiger partial charge >= 0.3 is 0 Å². The summed E-state index contributed by atoms with van der Waals surface area (Å²) in [5.74, 6) is 0.959. The van der Waals surface area contributed by atoms with Gasteiger partial charge in [0, 0.05) is 6.20 Å². The highest BCUT2D eigenvalue weighted by molar-refractivity contribution is 5.91. The molecule has 6 nitrogen and oxygen atoms in total. The first-order valence-electron chi connectivity index (χ1n) is 8.53. The van der Waals surface area contributed by atoms with Crippen molar-refractivity contribution in [2.45, 2.75) is 45.7 Å². The van der Waals surface area contributed by atoms with Gasteiger partial charge in [-0.25, -0.2) is 0 Å². The maximum atomic E-state index is 12.2. The summed E-state index contributed by atoms with van der Waals surface area (Å²) in [6.07, 6.45) is 7.12. The van der Waals surface area contributed by atoms with Crippen LogP contribution >= 0.6 is 0 Å². The minimum atomic E-state index is -0.227. The number of likely N-dealkylation sites (tertiary alicyclic amines) is 1. The summed E-state index contributed by atoms with van der Waals surface area (Å²) >= 11 is 0. The predicted molar refractivity (Wildman–Crippen MR) is 90.5 cm³/mol. The fourth-order valence-corrected chi connectivity index (χ4v) is 2.95. The van der Waals surface area contributed by atoms with Crippen molar-refractivity contribution < 1.29 is 9.21 Å². The van der Waals surface area contributed by atoms with Crippen molar-refractivity contribution in [3.63, 3.8) is 0 Å². The topological polar surface area (TPSA) is 71.3 Å². The van der Waals surface area contributed by atoms with Gasteiger partial charge in [-0.1, -0.05) is 6.42 Å². The molecular weight excluding hydrogens is 304 g/mol. The second kappa shape index (κ2) is 7.57. The summed E-state index contributed by atoms with van der Waals surface area (Å²) in [7, 11) is 0. The van der Waals surface area contributed by atoms with Crippen molar-refractivity contribution in [3.8, 4) is 0 Å². The number of aromatic nitrogens is 2.